The monoisotopic (exact) mass is 382 g/mol. The van der Waals surface area contributed by atoms with Gasteiger partial charge in [-0.15, -0.1) is 0 Å². The Morgan fingerprint density at radius 3 is 2.68 bits per heavy atom. The fourth-order valence-corrected chi connectivity index (χ4v) is 3.49. The zero-order valence-corrected chi connectivity index (χ0v) is 15.8. The number of hydrogen-bond acceptors (Lipinski definition) is 4. The topological polar surface area (TPSA) is 50.1 Å². The Bertz CT molecular complexity index is 979. The van der Waals surface area contributed by atoms with E-state index in [-0.39, 0.29) is 11.7 Å². The van der Waals surface area contributed by atoms with Gasteiger partial charge in [0.2, 0.25) is 0 Å². The van der Waals surface area contributed by atoms with E-state index < -0.39 is 0 Å². The van der Waals surface area contributed by atoms with E-state index >= 15 is 0 Å². The summed E-state index contributed by atoms with van der Waals surface area (Å²) in [5.74, 6) is -0.328. The molecule has 4 rings (SSSR count). The molecule has 0 saturated carbocycles. The van der Waals surface area contributed by atoms with Crippen molar-refractivity contribution in [1.29, 1.82) is 0 Å². The molecule has 0 atom stereocenters. The second kappa shape index (κ2) is 8.08. The number of halogens is 1. The van der Waals surface area contributed by atoms with Gasteiger partial charge in [-0.1, -0.05) is 12.1 Å². The number of carbonyl (C=O) groups is 1. The van der Waals surface area contributed by atoms with Crippen molar-refractivity contribution in [2.75, 3.05) is 46.4 Å². The molecule has 7 heteroatoms. The van der Waals surface area contributed by atoms with E-state index in [0.29, 0.717) is 31.0 Å². The number of rotatable bonds is 5. The van der Waals surface area contributed by atoms with Crippen LogP contribution >= 0.6 is 0 Å². The van der Waals surface area contributed by atoms with Gasteiger partial charge >= 0.3 is 0 Å². The summed E-state index contributed by atoms with van der Waals surface area (Å²) >= 11 is 0. The number of amides is 1. The van der Waals surface area contributed by atoms with Gasteiger partial charge in [0.1, 0.15) is 17.2 Å². The lowest BCUT2D eigenvalue weighted by molar-refractivity contribution is 0.0589. The molecule has 3 aromatic rings. The van der Waals surface area contributed by atoms with Crippen LogP contribution in [0.4, 0.5) is 4.39 Å². The number of nitrogens with zero attached hydrogens (tertiary/aromatic N) is 4. The van der Waals surface area contributed by atoms with Crippen LogP contribution in [0.15, 0.2) is 48.8 Å². The van der Waals surface area contributed by atoms with Crippen LogP contribution in [0.25, 0.3) is 16.8 Å². The molecule has 0 aliphatic carbocycles. The maximum absolute atomic E-state index is 13.5. The number of ether oxygens (including phenoxy) is 1. The molecule has 0 bridgehead atoms. The van der Waals surface area contributed by atoms with Crippen molar-refractivity contribution in [1.82, 2.24) is 19.2 Å². The first-order valence-corrected chi connectivity index (χ1v) is 9.39. The Balaban J connectivity index is 1.49. The first-order chi connectivity index (χ1) is 13.6. The van der Waals surface area contributed by atoms with Crippen molar-refractivity contribution in [2.45, 2.75) is 0 Å². The lowest BCUT2D eigenvalue weighted by Gasteiger charge is -2.34. The summed E-state index contributed by atoms with van der Waals surface area (Å²) in [6, 6.07) is 10.2. The van der Waals surface area contributed by atoms with Gasteiger partial charge in [0, 0.05) is 52.2 Å². The minimum Gasteiger partial charge on any atom is -0.383 e. The largest absolute Gasteiger partial charge is 0.383 e. The molecule has 1 aromatic carbocycles. The van der Waals surface area contributed by atoms with Crippen LogP contribution in [-0.2, 0) is 4.74 Å². The van der Waals surface area contributed by atoms with Crippen molar-refractivity contribution < 1.29 is 13.9 Å². The van der Waals surface area contributed by atoms with Crippen molar-refractivity contribution >= 4 is 11.6 Å². The van der Waals surface area contributed by atoms with E-state index in [1.807, 2.05) is 33.7 Å². The molecule has 0 unspecified atom stereocenters. The van der Waals surface area contributed by atoms with E-state index in [2.05, 4.69) is 9.88 Å². The smallest absolute Gasteiger partial charge is 0.274 e. The molecule has 146 valence electrons. The molecule has 6 nitrogen and oxygen atoms in total. The number of piperazine rings is 1. The van der Waals surface area contributed by atoms with Gasteiger partial charge in [-0.2, -0.15) is 0 Å². The van der Waals surface area contributed by atoms with Gasteiger partial charge in [0.15, 0.2) is 0 Å². The zero-order chi connectivity index (χ0) is 19.5. The minimum atomic E-state index is -0.274. The van der Waals surface area contributed by atoms with Crippen LogP contribution in [0.5, 0.6) is 0 Å². The summed E-state index contributed by atoms with van der Waals surface area (Å²) in [7, 11) is 1.70. The van der Waals surface area contributed by atoms with Gasteiger partial charge < -0.3 is 14.0 Å². The van der Waals surface area contributed by atoms with Crippen molar-refractivity contribution in [2.24, 2.45) is 0 Å². The molecule has 28 heavy (non-hydrogen) atoms. The summed E-state index contributed by atoms with van der Waals surface area (Å²) in [4.78, 5) is 21.5. The highest BCUT2D eigenvalue weighted by atomic mass is 19.1. The molecule has 0 N–H and O–H groups in total. The third-order valence-corrected chi connectivity index (χ3v) is 5.10. The highest BCUT2D eigenvalue weighted by molar-refractivity contribution is 5.93. The molecule has 0 radical (unpaired) electrons. The first kappa shape index (κ1) is 18.6. The van der Waals surface area contributed by atoms with Crippen molar-refractivity contribution in [3.8, 4) is 11.1 Å². The van der Waals surface area contributed by atoms with E-state index in [0.717, 1.165) is 30.8 Å². The number of carbonyl (C=O) groups excluding carboxylic acids is 1. The van der Waals surface area contributed by atoms with Crippen LogP contribution < -0.4 is 0 Å². The number of benzene rings is 1. The lowest BCUT2D eigenvalue weighted by Crippen LogP contribution is -2.49. The summed E-state index contributed by atoms with van der Waals surface area (Å²) in [5.41, 5.74) is 2.79. The van der Waals surface area contributed by atoms with Crippen LogP contribution in [0.2, 0.25) is 0 Å². The average Bonchev–Trinajstić information content (AvgIpc) is 3.15. The predicted octanol–water partition coefficient (Wildman–Crippen LogP) is 2.54. The summed E-state index contributed by atoms with van der Waals surface area (Å²) < 4.78 is 20.4. The molecule has 1 amide bonds. The first-order valence-electron chi connectivity index (χ1n) is 9.39. The Morgan fingerprint density at radius 2 is 1.93 bits per heavy atom. The third kappa shape index (κ3) is 3.90. The predicted molar refractivity (Wildman–Crippen MR) is 105 cm³/mol. The van der Waals surface area contributed by atoms with E-state index in [1.165, 1.54) is 12.1 Å². The molecule has 1 aliphatic heterocycles. The van der Waals surface area contributed by atoms with Gasteiger partial charge in [-0.05, 0) is 35.4 Å². The third-order valence-electron chi connectivity index (χ3n) is 5.10. The summed E-state index contributed by atoms with van der Waals surface area (Å²) in [5, 5.41) is 0. The van der Waals surface area contributed by atoms with Crippen LogP contribution in [0, 0.1) is 5.82 Å². The van der Waals surface area contributed by atoms with Gasteiger partial charge in [-0.3, -0.25) is 9.69 Å². The van der Waals surface area contributed by atoms with Crippen molar-refractivity contribution in [3.63, 3.8) is 0 Å². The minimum absolute atomic E-state index is 0.0533. The molecule has 2 aromatic heterocycles. The molecular weight excluding hydrogens is 359 g/mol. The van der Waals surface area contributed by atoms with E-state index in [4.69, 9.17) is 4.74 Å². The molecule has 0 spiro atoms. The fourth-order valence-electron chi connectivity index (χ4n) is 3.49. The number of hydrogen-bond donors (Lipinski definition) is 0. The number of imidazole rings is 1. The van der Waals surface area contributed by atoms with Crippen LogP contribution in [0.3, 0.4) is 0 Å². The van der Waals surface area contributed by atoms with E-state index in [9.17, 15) is 9.18 Å². The Kier molecular flexibility index (Phi) is 5.36. The Hall–Kier alpha value is -2.77. The van der Waals surface area contributed by atoms with Gasteiger partial charge in [0.25, 0.3) is 5.91 Å². The van der Waals surface area contributed by atoms with Gasteiger partial charge in [-0.25, -0.2) is 9.37 Å². The van der Waals surface area contributed by atoms with Crippen LogP contribution in [0.1, 0.15) is 10.5 Å². The normalized spacial score (nSPS) is 15.3. The highest BCUT2D eigenvalue weighted by Crippen LogP contribution is 2.21. The Labute approximate surface area is 163 Å². The maximum atomic E-state index is 13.5. The standard InChI is InChI=1S/C21H23FN4O2/c1-28-12-11-24-7-9-25(10-8-24)21(27)19-15-26-14-17(5-6-20(26)23-19)16-3-2-4-18(22)13-16/h2-6,13-15H,7-12H2,1H3. The molecular formula is C21H23FN4O2. The average molecular weight is 382 g/mol. The van der Waals surface area contributed by atoms with E-state index in [1.54, 1.807) is 19.4 Å². The SMILES string of the molecule is COCCN1CCN(C(=O)c2cn3cc(-c4cccc(F)c4)ccc3n2)CC1. The number of pyridine rings is 1. The number of fused-ring (bicyclic) bond motifs is 1. The number of methoxy groups -OCH3 is 1. The summed E-state index contributed by atoms with van der Waals surface area (Å²) in [6.45, 7) is 4.64. The highest BCUT2D eigenvalue weighted by Gasteiger charge is 2.23. The van der Waals surface area contributed by atoms with Crippen molar-refractivity contribution in [3.05, 3.63) is 60.3 Å². The second-order valence-corrected chi connectivity index (χ2v) is 6.95. The van der Waals surface area contributed by atoms with Crippen LogP contribution in [-0.4, -0.2) is 71.5 Å². The Morgan fingerprint density at radius 1 is 1.11 bits per heavy atom. The quantitative estimate of drug-likeness (QED) is 0.681. The lowest BCUT2D eigenvalue weighted by atomic mass is 10.1. The maximum Gasteiger partial charge on any atom is 0.274 e. The molecule has 1 fully saturated rings. The zero-order valence-electron chi connectivity index (χ0n) is 15.8. The van der Waals surface area contributed by atoms with Gasteiger partial charge in [0.05, 0.1) is 6.61 Å². The second-order valence-electron chi connectivity index (χ2n) is 6.95. The number of aromatic nitrogens is 2. The fraction of sp³-hybridized carbons (Fsp3) is 0.333. The molecule has 3 heterocycles. The molecule has 1 aliphatic rings. The molecule has 1 saturated heterocycles. The summed E-state index contributed by atoms with van der Waals surface area (Å²) in [6.07, 6.45) is 3.62.